The lowest BCUT2D eigenvalue weighted by Crippen LogP contribution is -2.23. The Hall–Kier alpha value is -4.37. The third kappa shape index (κ3) is 4.31. The maximum absolute atomic E-state index is 13.3. The minimum absolute atomic E-state index is 0.279. The summed E-state index contributed by atoms with van der Waals surface area (Å²) >= 11 is 0. The van der Waals surface area contributed by atoms with E-state index in [4.69, 9.17) is 14.7 Å². The van der Waals surface area contributed by atoms with Crippen LogP contribution in [0.3, 0.4) is 0 Å². The number of hydrogen-bond acceptors (Lipinski definition) is 5. The van der Waals surface area contributed by atoms with Crippen molar-refractivity contribution in [3.8, 4) is 11.8 Å². The summed E-state index contributed by atoms with van der Waals surface area (Å²) in [5.41, 5.74) is 2.13. The molecule has 0 saturated carbocycles. The molecule has 4 rings (SSSR count). The predicted molar refractivity (Wildman–Crippen MR) is 115 cm³/mol. The second-order valence-electron chi connectivity index (χ2n) is 6.79. The zero-order chi connectivity index (χ0) is 21.6. The fraction of sp³-hybridized carbons (Fsp3) is 0.0800. The number of nitrogens with zero attached hydrogens (tertiary/aromatic N) is 1. The monoisotopic (exact) mass is 410 g/mol. The molecule has 3 aromatic carbocycles. The third-order valence-corrected chi connectivity index (χ3v) is 4.80. The molecular weight excluding hydrogens is 392 g/mol. The van der Waals surface area contributed by atoms with Gasteiger partial charge in [0.1, 0.15) is 11.8 Å². The molecule has 0 saturated heterocycles. The number of aromatic nitrogens is 1. The maximum Gasteiger partial charge on any atom is 0.345 e. The quantitative estimate of drug-likeness (QED) is 0.355. The van der Waals surface area contributed by atoms with Gasteiger partial charge in [-0.15, -0.1) is 0 Å². The van der Waals surface area contributed by atoms with E-state index >= 15 is 0 Å². The van der Waals surface area contributed by atoms with Crippen molar-refractivity contribution in [3.05, 3.63) is 102 Å². The summed E-state index contributed by atoms with van der Waals surface area (Å²) in [5.74, 6) is -0.773. The van der Waals surface area contributed by atoms with Crippen LogP contribution in [-0.2, 0) is 9.53 Å². The van der Waals surface area contributed by atoms with E-state index in [-0.39, 0.29) is 11.5 Å². The number of benzene rings is 3. The Bertz CT molecular complexity index is 1270. The summed E-state index contributed by atoms with van der Waals surface area (Å²) in [6, 6.07) is 24.9. The number of hydrogen-bond donors (Lipinski definition) is 1. The standard InChI is InChI=1S/C25H18N2O4/c26-14-18-10-4-7-13-22(18)30-16-23(28)31-25(17-8-2-1-3-9-17)24(29)20-15-27-21-12-6-5-11-19(20)21/h1-13,15,25,27H,16H2/t25-/m1/s1. The summed E-state index contributed by atoms with van der Waals surface area (Å²) in [6.45, 7) is -0.427. The number of carbonyl (C=O) groups excluding carboxylic acids is 2. The van der Waals surface area contributed by atoms with Crippen LogP contribution in [0.1, 0.15) is 27.6 Å². The Morgan fingerprint density at radius 2 is 1.65 bits per heavy atom. The molecule has 0 aliphatic carbocycles. The summed E-state index contributed by atoms with van der Waals surface area (Å²) in [5, 5.41) is 9.90. The molecule has 0 bridgehead atoms. The van der Waals surface area contributed by atoms with Crippen LogP contribution in [0.2, 0.25) is 0 Å². The molecular formula is C25H18N2O4. The minimum atomic E-state index is -1.12. The highest BCUT2D eigenvalue weighted by atomic mass is 16.6. The van der Waals surface area contributed by atoms with Crippen molar-refractivity contribution in [3.63, 3.8) is 0 Å². The van der Waals surface area contributed by atoms with Crippen molar-refractivity contribution in [2.75, 3.05) is 6.61 Å². The Labute approximate surface area is 178 Å². The number of Topliss-reactive ketones (excluding diaryl/α,β-unsaturated/α-hetero) is 1. The van der Waals surface area contributed by atoms with Crippen molar-refractivity contribution in [2.24, 2.45) is 0 Å². The molecule has 152 valence electrons. The number of carbonyl (C=O) groups is 2. The van der Waals surface area contributed by atoms with Gasteiger partial charge < -0.3 is 14.5 Å². The number of nitrogens with one attached hydrogen (secondary N) is 1. The predicted octanol–water partition coefficient (Wildman–Crippen LogP) is 4.59. The Morgan fingerprint density at radius 3 is 2.45 bits per heavy atom. The first kappa shape index (κ1) is 19.9. The number of rotatable bonds is 7. The van der Waals surface area contributed by atoms with Crippen LogP contribution in [0.5, 0.6) is 5.75 Å². The molecule has 0 unspecified atom stereocenters. The van der Waals surface area contributed by atoms with Crippen LogP contribution < -0.4 is 4.74 Å². The molecule has 1 heterocycles. The molecule has 0 fully saturated rings. The van der Waals surface area contributed by atoms with Gasteiger partial charge in [0.25, 0.3) is 0 Å². The number of ether oxygens (including phenoxy) is 2. The van der Waals surface area contributed by atoms with Crippen LogP contribution >= 0.6 is 0 Å². The largest absolute Gasteiger partial charge is 0.481 e. The van der Waals surface area contributed by atoms with Gasteiger partial charge in [-0.3, -0.25) is 4.79 Å². The molecule has 0 amide bonds. The van der Waals surface area contributed by atoms with Crippen molar-refractivity contribution in [1.82, 2.24) is 4.98 Å². The Kier molecular flexibility index (Phi) is 5.77. The van der Waals surface area contributed by atoms with E-state index in [0.717, 1.165) is 10.9 Å². The Morgan fingerprint density at radius 1 is 0.935 bits per heavy atom. The smallest absolute Gasteiger partial charge is 0.345 e. The molecule has 31 heavy (non-hydrogen) atoms. The van der Waals surface area contributed by atoms with Crippen molar-refractivity contribution >= 4 is 22.7 Å². The number of esters is 1. The first-order valence-corrected chi connectivity index (χ1v) is 9.64. The van der Waals surface area contributed by atoms with Crippen molar-refractivity contribution in [2.45, 2.75) is 6.10 Å². The third-order valence-electron chi connectivity index (χ3n) is 4.80. The van der Waals surface area contributed by atoms with E-state index in [1.54, 1.807) is 54.7 Å². The van der Waals surface area contributed by atoms with E-state index in [1.165, 1.54) is 0 Å². The number of fused-ring (bicyclic) bond motifs is 1. The van der Waals surface area contributed by atoms with Gasteiger partial charge in [-0.05, 0) is 18.2 Å². The fourth-order valence-corrected chi connectivity index (χ4v) is 3.30. The lowest BCUT2D eigenvalue weighted by atomic mass is 9.99. The van der Waals surface area contributed by atoms with E-state index in [9.17, 15) is 9.59 Å². The molecule has 0 radical (unpaired) electrons. The summed E-state index contributed by atoms with van der Waals surface area (Å²) in [6.07, 6.45) is 0.499. The summed E-state index contributed by atoms with van der Waals surface area (Å²) in [7, 11) is 0. The second-order valence-corrected chi connectivity index (χ2v) is 6.79. The SMILES string of the molecule is N#Cc1ccccc1OCC(=O)O[C@@H](C(=O)c1c[nH]c2ccccc12)c1ccccc1. The molecule has 6 heteroatoms. The van der Waals surface area contributed by atoms with E-state index in [0.29, 0.717) is 16.7 Å². The van der Waals surface area contributed by atoms with Crippen LogP contribution in [0, 0.1) is 11.3 Å². The highest BCUT2D eigenvalue weighted by Gasteiger charge is 2.28. The lowest BCUT2D eigenvalue weighted by molar-refractivity contribution is -0.149. The second kappa shape index (κ2) is 8.97. The van der Waals surface area contributed by atoms with Crippen LogP contribution in [0.4, 0.5) is 0 Å². The highest BCUT2D eigenvalue weighted by molar-refractivity contribution is 6.10. The number of para-hydroxylation sites is 2. The molecule has 6 nitrogen and oxygen atoms in total. The molecule has 1 aromatic heterocycles. The van der Waals surface area contributed by atoms with Gasteiger partial charge in [0, 0.05) is 28.2 Å². The van der Waals surface area contributed by atoms with Gasteiger partial charge in [-0.1, -0.05) is 60.7 Å². The zero-order valence-electron chi connectivity index (χ0n) is 16.4. The van der Waals surface area contributed by atoms with E-state index in [2.05, 4.69) is 4.98 Å². The van der Waals surface area contributed by atoms with Crippen molar-refractivity contribution in [1.29, 1.82) is 5.26 Å². The minimum Gasteiger partial charge on any atom is -0.481 e. The molecule has 0 aliphatic rings. The number of ketones is 1. The first-order chi connectivity index (χ1) is 15.2. The average molecular weight is 410 g/mol. The van der Waals surface area contributed by atoms with Crippen LogP contribution in [0.25, 0.3) is 10.9 Å². The zero-order valence-corrected chi connectivity index (χ0v) is 16.4. The number of aromatic amines is 1. The van der Waals surface area contributed by atoms with E-state index < -0.39 is 18.7 Å². The molecule has 1 N–H and O–H groups in total. The topological polar surface area (TPSA) is 92.2 Å². The van der Waals surface area contributed by atoms with Gasteiger partial charge in [-0.2, -0.15) is 5.26 Å². The molecule has 0 aliphatic heterocycles. The Balaban J connectivity index is 1.57. The summed E-state index contributed by atoms with van der Waals surface area (Å²) in [4.78, 5) is 29.0. The average Bonchev–Trinajstić information content (AvgIpc) is 3.26. The van der Waals surface area contributed by atoms with E-state index in [1.807, 2.05) is 36.4 Å². The maximum atomic E-state index is 13.3. The van der Waals surface area contributed by atoms with Gasteiger partial charge in [0.15, 0.2) is 12.7 Å². The van der Waals surface area contributed by atoms with Gasteiger partial charge in [-0.25, -0.2) is 4.79 Å². The number of H-pyrrole nitrogens is 1. The number of nitriles is 1. The fourth-order valence-electron chi connectivity index (χ4n) is 3.30. The lowest BCUT2D eigenvalue weighted by Gasteiger charge is -2.17. The van der Waals surface area contributed by atoms with Gasteiger partial charge in [0.05, 0.1) is 5.56 Å². The highest BCUT2D eigenvalue weighted by Crippen LogP contribution is 2.27. The normalized spacial score (nSPS) is 11.5. The van der Waals surface area contributed by atoms with Crippen molar-refractivity contribution < 1.29 is 19.1 Å². The molecule has 4 aromatic rings. The van der Waals surface area contributed by atoms with Crippen LogP contribution in [-0.4, -0.2) is 23.3 Å². The van der Waals surface area contributed by atoms with Gasteiger partial charge >= 0.3 is 5.97 Å². The molecule has 0 spiro atoms. The summed E-state index contributed by atoms with van der Waals surface area (Å²) < 4.78 is 11.0. The molecule has 1 atom stereocenters. The van der Waals surface area contributed by atoms with Crippen LogP contribution in [0.15, 0.2) is 85.1 Å². The first-order valence-electron chi connectivity index (χ1n) is 9.64. The van der Waals surface area contributed by atoms with Gasteiger partial charge in [0.2, 0.25) is 5.78 Å².